The van der Waals surface area contributed by atoms with E-state index < -0.39 is 0 Å². The average molecular weight is 388 g/mol. The molecule has 1 amide bonds. The molecule has 1 fully saturated rings. The van der Waals surface area contributed by atoms with Gasteiger partial charge < -0.3 is 19.9 Å². The summed E-state index contributed by atoms with van der Waals surface area (Å²) < 4.78 is 5.10. The lowest BCUT2D eigenvalue weighted by Crippen LogP contribution is -2.48. The molecule has 25 heavy (non-hydrogen) atoms. The summed E-state index contributed by atoms with van der Waals surface area (Å²) in [6.07, 6.45) is 0. The zero-order valence-electron chi connectivity index (χ0n) is 15.1. The number of piperazine rings is 1. The van der Waals surface area contributed by atoms with Gasteiger partial charge >= 0.3 is 0 Å². The van der Waals surface area contributed by atoms with Crippen LogP contribution in [-0.2, 0) is 0 Å². The quantitative estimate of drug-likeness (QED) is 0.780. The Balaban J connectivity index is 1.81. The van der Waals surface area contributed by atoms with Gasteiger partial charge in [0.25, 0.3) is 5.91 Å². The molecule has 1 heterocycles. The molecule has 2 rings (SSSR count). The van der Waals surface area contributed by atoms with Crippen LogP contribution in [-0.4, -0.2) is 68.6 Å². The minimum absolute atomic E-state index is 0.172. The number of nitrogens with zero attached hydrogens (tertiary/aromatic N) is 2. The zero-order chi connectivity index (χ0) is 18.4. The molecule has 1 aromatic carbocycles. The van der Waals surface area contributed by atoms with Crippen molar-refractivity contribution in [3.63, 3.8) is 0 Å². The first-order valence-electron chi connectivity index (χ1n) is 8.70. The molecule has 1 N–H and O–H groups in total. The fourth-order valence-electron chi connectivity index (χ4n) is 3.05. The van der Waals surface area contributed by atoms with Gasteiger partial charge in [-0.05, 0) is 24.6 Å². The maximum Gasteiger partial charge on any atom is 0.251 e. The third-order valence-electron chi connectivity index (χ3n) is 4.56. The number of carbonyl (C=O) groups excluding carboxylic acids is 1. The van der Waals surface area contributed by atoms with Gasteiger partial charge in [0, 0.05) is 44.8 Å². The molecule has 0 aliphatic carbocycles. The molecule has 0 radical (unpaired) electrons. The van der Waals surface area contributed by atoms with Crippen molar-refractivity contribution < 1.29 is 9.53 Å². The second-order valence-electron chi connectivity index (χ2n) is 6.52. The predicted molar refractivity (Wildman–Crippen MR) is 103 cm³/mol. The number of hydrogen-bond acceptors (Lipinski definition) is 4. The topological polar surface area (TPSA) is 44.8 Å². The Labute approximate surface area is 160 Å². The minimum Gasteiger partial charge on any atom is -0.494 e. The molecular weight excluding hydrogens is 361 g/mol. The lowest BCUT2D eigenvalue weighted by Gasteiger charge is -2.35. The van der Waals surface area contributed by atoms with Crippen molar-refractivity contribution in [1.82, 2.24) is 15.1 Å². The number of halogens is 2. The van der Waals surface area contributed by atoms with Crippen LogP contribution in [0, 0.1) is 5.92 Å². The number of amides is 1. The molecule has 1 saturated heterocycles. The predicted octanol–water partition coefficient (Wildman–Crippen LogP) is 3.01. The van der Waals surface area contributed by atoms with Gasteiger partial charge in [0.2, 0.25) is 0 Å². The number of rotatable bonds is 7. The molecule has 1 aliphatic heterocycles. The van der Waals surface area contributed by atoms with Gasteiger partial charge in [-0.1, -0.05) is 37.0 Å². The van der Waals surface area contributed by atoms with Crippen molar-refractivity contribution >= 4 is 29.1 Å². The first-order valence-corrected chi connectivity index (χ1v) is 9.46. The van der Waals surface area contributed by atoms with E-state index in [0.717, 1.165) is 39.3 Å². The molecular formula is C18H27Cl2N3O2. The summed E-state index contributed by atoms with van der Waals surface area (Å²) in [5.41, 5.74) is 0.444. The Morgan fingerprint density at radius 2 is 1.76 bits per heavy atom. The van der Waals surface area contributed by atoms with Crippen LogP contribution in [0.1, 0.15) is 24.2 Å². The summed E-state index contributed by atoms with van der Waals surface area (Å²) in [7, 11) is 1.49. The number of hydrogen-bond donors (Lipinski definition) is 1. The maximum atomic E-state index is 12.3. The zero-order valence-corrected chi connectivity index (χ0v) is 16.7. The molecule has 7 heteroatoms. The lowest BCUT2D eigenvalue weighted by molar-refractivity contribution is 0.0933. The molecule has 0 bridgehead atoms. The third-order valence-corrected chi connectivity index (χ3v) is 5.12. The number of ether oxygens (including phenoxy) is 1. The highest BCUT2D eigenvalue weighted by Gasteiger charge is 2.18. The summed E-state index contributed by atoms with van der Waals surface area (Å²) in [4.78, 5) is 17.3. The van der Waals surface area contributed by atoms with E-state index in [4.69, 9.17) is 27.9 Å². The summed E-state index contributed by atoms with van der Waals surface area (Å²) >= 11 is 12.2. The molecule has 5 nitrogen and oxygen atoms in total. The Kier molecular flexibility index (Phi) is 7.81. The van der Waals surface area contributed by atoms with Crippen LogP contribution in [0.15, 0.2) is 12.1 Å². The molecule has 1 aromatic rings. The van der Waals surface area contributed by atoms with Crippen LogP contribution >= 0.6 is 23.2 Å². The lowest BCUT2D eigenvalue weighted by atomic mass is 10.1. The molecule has 0 aromatic heterocycles. The van der Waals surface area contributed by atoms with Crippen LogP contribution in [0.4, 0.5) is 0 Å². The molecule has 0 spiro atoms. The fraction of sp³-hybridized carbons (Fsp3) is 0.611. The van der Waals surface area contributed by atoms with Crippen molar-refractivity contribution in [3.8, 4) is 5.75 Å². The van der Waals surface area contributed by atoms with E-state index in [0.29, 0.717) is 33.8 Å². The van der Waals surface area contributed by atoms with Crippen molar-refractivity contribution in [3.05, 3.63) is 27.7 Å². The van der Waals surface area contributed by atoms with E-state index in [1.54, 1.807) is 12.1 Å². The van der Waals surface area contributed by atoms with Gasteiger partial charge in [0.1, 0.15) is 0 Å². The van der Waals surface area contributed by atoms with Crippen LogP contribution in [0.5, 0.6) is 5.75 Å². The standard InChI is InChI=1S/C18H27Cl2N3O2/c1-4-22-5-7-23(8-6-22)12-13(2)11-21-18(24)14-9-15(19)17(25-3)16(20)10-14/h9-10,13H,4-8,11-12H2,1-3H3,(H,21,24). The van der Waals surface area contributed by atoms with Gasteiger partial charge in [-0.2, -0.15) is 0 Å². The highest BCUT2D eigenvalue weighted by Crippen LogP contribution is 2.33. The summed E-state index contributed by atoms with van der Waals surface area (Å²) in [6, 6.07) is 3.16. The van der Waals surface area contributed by atoms with E-state index in [-0.39, 0.29) is 5.91 Å². The largest absolute Gasteiger partial charge is 0.494 e. The number of nitrogens with one attached hydrogen (secondary N) is 1. The first kappa shape index (κ1) is 20.3. The monoisotopic (exact) mass is 387 g/mol. The summed E-state index contributed by atoms with van der Waals surface area (Å²) in [6.45, 7) is 11.5. The van der Waals surface area contributed by atoms with Crippen molar-refractivity contribution in [2.45, 2.75) is 13.8 Å². The second-order valence-corrected chi connectivity index (χ2v) is 7.34. The Morgan fingerprint density at radius 1 is 1.20 bits per heavy atom. The third kappa shape index (κ3) is 5.74. The fourth-order valence-corrected chi connectivity index (χ4v) is 3.69. The van der Waals surface area contributed by atoms with Crippen LogP contribution < -0.4 is 10.1 Å². The van der Waals surface area contributed by atoms with Gasteiger partial charge in [0.15, 0.2) is 5.75 Å². The van der Waals surface area contributed by atoms with Crippen LogP contribution in [0.2, 0.25) is 10.0 Å². The normalized spacial score (nSPS) is 17.3. The SMILES string of the molecule is CCN1CCN(CC(C)CNC(=O)c2cc(Cl)c(OC)c(Cl)c2)CC1. The highest BCUT2D eigenvalue weighted by atomic mass is 35.5. The number of benzene rings is 1. The van der Waals surface area contributed by atoms with Crippen LogP contribution in [0.3, 0.4) is 0 Å². The summed E-state index contributed by atoms with van der Waals surface area (Å²) in [5.74, 6) is 0.592. The number of carbonyl (C=O) groups is 1. The van der Waals surface area contributed by atoms with Crippen molar-refractivity contribution in [2.75, 3.05) is 52.9 Å². The van der Waals surface area contributed by atoms with E-state index in [1.165, 1.54) is 7.11 Å². The number of methoxy groups -OCH3 is 1. The Hall–Kier alpha value is -1.01. The van der Waals surface area contributed by atoms with E-state index in [1.807, 2.05) is 0 Å². The van der Waals surface area contributed by atoms with Crippen molar-refractivity contribution in [2.24, 2.45) is 5.92 Å². The molecule has 1 aliphatic rings. The number of likely N-dealkylation sites (N-methyl/N-ethyl adjacent to an activating group) is 1. The van der Waals surface area contributed by atoms with Crippen LogP contribution in [0.25, 0.3) is 0 Å². The smallest absolute Gasteiger partial charge is 0.251 e. The van der Waals surface area contributed by atoms with Gasteiger partial charge in [-0.15, -0.1) is 0 Å². The molecule has 1 atom stereocenters. The van der Waals surface area contributed by atoms with E-state index in [2.05, 4.69) is 29.0 Å². The summed E-state index contributed by atoms with van der Waals surface area (Å²) in [5, 5.41) is 3.64. The van der Waals surface area contributed by atoms with Crippen molar-refractivity contribution in [1.29, 1.82) is 0 Å². The van der Waals surface area contributed by atoms with Gasteiger partial charge in [-0.3, -0.25) is 4.79 Å². The molecule has 1 unspecified atom stereocenters. The highest BCUT2D eigenvalue weighted by molar-refractivity contribution is 6.37. The van der Waals surface area contributed by atoms with Gasteiger partial charge in [-0.25, -0.2) is 0 Å². The average Bonchev–Trinajstić information content (AvgIpc) is 2.60. The first-order chi connectivity index (χ1) is 11.9. The molecule has 140 valence electrons. The Morgan fingerprint density at radius 3 is 2.28 bits per heavy atom. The maximum absolute atomic E-state index is 12.3. The second kappa shape index (κ2) is 9.62. The van der Waals surface area contributed by atoms with Gasteiger partial charge in [0.05, 0.1) is 17.2 Å². The Bertz CT molecular complexity index is 567. The minimum atomic E-state index is -0.172. The van der Waals surface area contributed by atoms with E-state index >= 15 is 0 Å². The molecule has 0 saturated carbocycles. The van der Waals surface area contributed by atoms with E-state index in [9.17, 15) is 4.79 Å².